The van der Waals surface area contributed by atoms with Crippen molar-refractivity contribution in [1.82, 2.24) is 38.5 Å². The third kappa shape index (κ3) is 16.3. The van der Waals surface area contributed by atoms with Crippen LogP contribution in [0, 0.1) is 0 Å². The molecule has 17 nitrogen and oxygen atoms in total. The minimum atomic E-state index is -0.291. The lowest BCUT2D eigenvalue weighted by Crippen LogP contribution is -2.51. The first-order valence-electron chi connectivity index (χ1n) is 28.5. The number of hydrogen-bond donors (Lipinski definition) is 1. The molecule has 0 spiro atoms. The lowest BCUT2D eigenvalue weighted by molar-refractivity contribution is 0.0471. The van der Waals surface area contributed by atoms with Gasteiger partial charge in [-0.15, -0.1) is 18.9 Å². The Balaban J connectivity index is 1.05. The van der Waals surface area contributed by atoms with Gasteiger partial charge in [0.15, 0.2) is 0 Å². The van der Waals surface area contributed by atoms with E-state index < -0.39 is 0 Å². The zero-order valence-electron chi connectivity index (χ0n) is 47.1. The van der Waals surface area contributed by atoms with E-state index in [2.05, 4.69) is 31.7 Å². The zero-order chi connectivity index (χ0) is 57.9. The highest BCUT2D eigenvalue weighted by Crippen LogP contribution is 2.20. The van der Waals surface area contributed by atoms with Gasteiger partial charge in [-0.05, 0) is 70.6 Å². The zero-order valence-corrected chi connectivity index (χ0v) is 47.1. The van der Waals surface area contributed by atoms with E-state index >= 15 is 0 Å². The lowest BCUT2D eigenvalue weighted by atomic mass is 10.0. The van der Waals surface area contributed by atoms with Crippen molar-refractivity contribution < 1.29 is 19.4 Å². The predicted octanol–water partition coefficient (Wildman–Crippen LogP) is 6.36. The van der Waals surface area contributed by atoms with Gasteiger partial charge < -0.3 is 25.1 Å². The number of benzene rings is 5. The summed E-state index contributed by atoms with van der Waals surface area (Å²) in [4.78, 5) is 90.0. The van der Waals surface area contributed by atoms with E-state index in [1.807, 2.05) is 158 Å². The average molecular weight is 1130 g/mol. The van der Waals surface area contributed by atoms with Crippen LogP contribution in [-0.4, -0.2) is 90.4 Å². The molecule has 4 aromatic heterocycles. The van der Waals surface area contributed by atoms with Gasteiger partial charge in [0.05, 0.1) is 22.8 Å². The predicted molar refractivity (Wildman–Crippen MR) is 324 cm³/mol. The number of anilines is 1. The van der Waals surface area contributed by atoms with Crippen molar-refractivity contribution in [2.45, 2.75) is 65.1 Å². The van der Waals surface area contributed by atoms with Crippen molar-refractivity contribution in [1.29, 1.82) is 0 Å². The minimum Gasteiger partial charge on any atom is -0.406 e. The second-order valence-electron chi connectivity index (χ2n) is 21.0. The number of nitrogens with zero attached hydrogens (tertiary/aromatic N) is 8. The van der Waals surface area contributed by atoms with Crippen LogP contribution in [0.15, 0.2) is 238 Å². The molecule has 84 heavy (non-hydrogen) atoms. The van der Waals surface area contributed by atoms with Crippen LogP contribution in [0.5, 0.6) is 0 Å². The number of pyridine rings is 4. The number of hydrogen-bond acceptors (Lipinski definition) is 13. The van der Waals surface area contributed by atoms with Crippen molar-refractivity contribution in [2.24, 2.45) is 0 Å². The molecule has 2 N–H and O–H groups in total. The Kier molecular flexibility index (Phi) is 20.1. The number of aromatic nitrogens is 4. The molecule has 0 aliphatic carbocycles. The summed E-state index contributed by atoms with van der Waals surface area (Å²) in [6.07, 6.45) is 0.579. The maximum Gasteiger partial charge on any atom is 0.283 e. The van der Waals surface area contributed by atoms with Gasteiger partial charge in [-0.2, -0.15) is 0 Å². The Hall–Kier alpha value is -9.26. The van der Waals surface area contributed by atoms with Crippen LogP contribution in [0.25, 0.3) is 0 Å². The van der Waals surface area contributed by atoms with E-state index in [0.717, 1.165) is 27.8 Å². The van der Waals surface area contributed by atoms with Gasteiger partial charge in [0.1, 0.15) is 26.4 Å². The fourth-order valence-electron chi connectivity index (χ4n) is 10.4. The molecule has 0 amide bonds. The van der Waals surface area contributed by atoms with Crippen LogP contribution >= 0.6 is 0 Å². The molecular weight excluding hydrogens is 1060 g/mol. The molecule has 9 aromatic rings. The first kappa shape index (κ1) is 58.0. The Labute approximate surface area is 488 Å². The van der Waals surface area contributed by atoms with Crippen LogP contribution in [0.2, 0.25) is 0 Å². The molecule has 1 atom stereocenters. The van der Waals surface area contributed by atoms with Crippen molar-refractivity contribution in [2.75, 3.05) is 51.5 Å². The van der Waals surface area contributed by atoms with Gasteiger partial charge >= 0.3 is 0 Å². The highest BCUT2D eigenvalue weighted by Gasteiger charge is 2.28. The number of nitrogen functional groups attached to an aromatic ring is 1. The van der Waals surface area contributed by atoms with Gasteiger partial charge in [-0.3, -0.25) is 38.8 Å². The topological polar surface area (TPSA) is 164 Å². The molecule has 0 saturated carbocycles. The van der Waals surface area contributed by atoms with Gasteiger partial charge in [0.2, 0.25) is 0 Å². The summed E-state index contributed by atoms with van der Waals surface area (Å²) in [6.45, 7) is 5.70. The van der Waals surface area contributed by atoms with E-state index in [-0.39, 0.29) is 54.7 Å². The van der Waals surface area contributed by atoms with Crippen molar-refractivity contribution in [3.8, 4) is 0 Å². The number of rotatable bonds is 22. The second-order valence-corrected chi connectivity index (χ2v) is 21.0. The van der Waals surface area contributed by atoms with Gasteiger partial charge in [-0.1, -0.05) is 158 Å². The largest absolute Gasteiger partial charge is 0.406 e. The highest BCUT2D eigenvalue weighted by atomic mass is 16.7. The molecule has 1 aliphatic rings. The Morgan fingerprint density at radius 1 is 0.321 bits per heavy atom. The second kappa shape index (κ2) is 29.1. The maximum absolute atomic E-state index is 13.9. The van der Waals surface area contributed by atoms with Crippen molar-refractivity contribution in [3.05, 3.63) is 310 Å². The standard InChI is InChI=1S/C67H71N9O8/c68-58-35-33-53(34-36-58)43-63-47-71(46-61-27-15-31-66(79)75(61)83-51-56-21-9-3-10-22-56)40-39-69(44-59-25-13-29-64(77)73(59)81-49-54-17-5-1-6-18-54)37-38-70(45-60-26-14-30-65(78)74(60)82-50-55-19-7-2-8-20-55)41-42-72(63)48-62-28-16-32-67(80)76(62)84-52-57-23-11-4-12-24-57/h1-36,63H,37-52,68H2. The fourth-order valence-corrected chi connectivity index (χ4v) is 10.4. The van der Waals surface area contributed by atoms with Crippen LogP contribution in [0.3, 0.4) is 0 Å². The third-order valence-corrected chi connectivity index (χ3v) is 14.9. The molecular formula is C67H71N9O8. The maximum atomic E-state index is 13.9. The van der Waals surface area contributed by atoms with E-state index in [9.17, 15) is 19.2 Å². The minimum absolute atomic E-state index is 0.180. The molecule has 1 fully saturated rings. The van der Waals surface area contributed by atoms with Crippen molar-refractivity contribution >= 4 is 5.69 Å². The molecule has 5 heterocycles. The molecule has 432 valence electrons. The molecule has 0 bridgehead atoms. The average Bonchev–Trinajstić information content (AvgIpc) is 3.68. The molecule has 0 radical (unpaired) electrons. The smallest absolute Gasteiger partial charge is 0.283 e. The third-order valence-electron chi connectivity index (χ3n) is 14.9. The summed E-state index contributed by atoms with van der Waals surface area (Å²) in [6, 6.07) is 67.5. The summed E-state index contributed by atoms with van der Waals surface area (Å²) in [5, 5.41) is 0. The van der Waals surface area contributed by atoms with Crippen LogP contribution in [0.1, 0.15) is 50.6 Å². The summed E-state index contributed by atoms with van der Waals surface area (Å²) >= 11 is 0. The highest BCUT2D eigenvalue weighted by molar-refractivity contribution is 5.39. The Bertz CT molecular complexity index is 3750. The SMILES string of the molecule is Nc1ccc(CC2CN(Cc3cccc(=O)n3OCc3ccccc3)CCN(Cc3cccc(=O)n3OCc3ccccc3)CCN(Cc3cccc(=O)n3OCc3ccccc3)CCN2Cc2cccc(=O)n2OCc2ccccc2)cc1. The molecule has 17 heteroatoms. The van der Waals surface area contributed by atoms with Gasteiger partial charge in [0, 0.05) is 108 Å². The summed E-state index contributed by atoms with van der Waals surface area (Å²) in [7, 11) is 0. The monoisotopic (exact) mass is 1130 g/mol. The molecule has 1 unspecified atom stereocenters. The van der Waals surface area contributed by atoms with Crippen LogP contribution < -0.4 is 47.3 Å². The van der Waals surface area contributed by atoms with E-state index in [4.69, 9.17) is 25.1 Å². The molecule has 5 aromatic carbocycles. The normalized spacial score (nSPS) is 14.9. The summed E-state index contributed by atoms with van der Waals surface area (Å²) in [5.41, 5.74) is 13.2. The van der Waals surface area contributed by atoms with Crippen LogP contribution in [0.4, 0.5) is 5.69 Å². The Morgan fingerprint density at radius 3 is 0.988 bits per heavy atom. The van der Waals surface area contributed by atoms with Crippen molar-refractivity contribution in [3.63, 3.8) is 0 Å². The number of nitrogens with two attached hydrogens (primary N) is 1. The summed E-state index contributed by atoms with van der Waals surface area (Å²) in [5.74, 6) is 0. The fraction of sp³-hybridized carbons (Fsp3) is 0.254. The molecule has 1 saturated heterocycles. The quantitative estimate of drug-likeness (QED) is 0.0747. The van der Waals surface area contributed by atoms with E-state index in [1.165, 1.54) is 43.2 Å². The van der Waals surface area contributed by atoms with E-state index in [1.54, 1.807) is 24.3 Å². The van der Waals surface area contributed by atoms with E-state index in [0.29, 0.717) is 107 Å². The molecule has 1 aliphatic heterocycles. The lowest BCUT2D eigenvalue weighted by Gasteiger charge is -2.39. The first-order chi connectivity index (χ1) is 41.2. The van der Waals surface area contributed by atoms with Gasteiger partial charge in [0.25, 0.3) is 22.2 Å². The van der Waals surface area contributed by atoms with Gasteiger partial charge in [-0.25, -0.2) is 0 Å². The summed E-state index contributed by atoms with van der Waals surface area (Å²) < 4.78 is 5.60. The Morgan fingerprint density at radius 2 is 0.631 bits per heavy atom. The molecule has 10 rings (SSSR count). The first-order valence-corrected chi connectivity index (χ1v) is 28.5. The van der Waals surface area contributed by atoms with Crippen LogP contribution in [-0.2, 0) is 59.0 Å².